The standard InChI is InChI=1S/C40H45FN2O11/c1-17-9-8-10-18(2)39(50)43-32-35(48)29-28(31-37(32)53-27-15-22(41)11-12-23(27)42-31)30-36(21(5)34(29)47)54-40(6,38(30)49)52-14-13-26(51-7)20(4)33(46)19(3)25(45)16-24(17)44/h8-15,17,19-20,24-26,33,38,44-46,48-49H,16H2,1-7H3,(H,43,50)/b9-8+,14-13+,18-10-/t17-,19+,20+,24+,25+,26-,33-,38?,40-/m0/s1. The van der Waals surface area contributed by atoms with Crippen LogP contribution in [0.5, 0.6) is 11.5 Å². The first-order valence-corrected chi connectivity index (χ1v) is 17.7. The number of carbonyl (C=O) groups excluding carboxylic acids is 1. The third-order valence-corrected chi connectivity index (χ3v) is 10.8. The summed E-state index contributed by atoms with van der Waals surface area (Å²) in [5, 5.41) is 59.2. The number of benzene rings is 3. The van der Waals surface area contributed by atoms with Gasteiger partial charge in [-0.3, -0.25) is 9.59 Å². The maximum absolute atomic E-state index is 14.4. The zero-order valence-corrected chi connectivity index (χ0v) is 31.0. The second-order valence-corrected chi connectivity index (χ2v) is 14.5. The average molecular weight is 749 g/mol. The SMILES string of the molecule is CO[C@H]1/C=C/O[C@@]2(C)Oc3c(C)c(=O)c4c(O)c(c5oc6cc(F)ccc6nc5c4c3C2O)NC(=O)/C(C)=C\C=C\[C@H](C)[C@H](O)C[C@@H](O)[C@@H](C)[C@H](O)[C@@H]1C. The Morgan fingerprint density at radius 3 is 2.44 bits per heavy atom. The lowest BCUT2D eigenvalue weighted by Gasteiger charge is -2.33. The Morgan fingerprint density at radius 1 is 1.02 bits per heavy atom. The molecule has 288 valence electrons. The van der Waals surface area contributed by atoms with Crippen molar-refractivity contribution in [2.24, 2.45) is 17.8 Å². The van der Waals surface area contributed by atoms with Crippen LogP contribution < -0.4 is 15.5 Å². The number of carbonyl (C=O) groups is 1. The van der Waals surface area contributed by atoms with Crippen molar-refractivity contribution in [3.05, 3.63) is 81.5 Å². The summed E-state index contributed by atoms with van der Waals surface area (Å²) in [6, 6.07) is 3.62. The first-order chi connectivity index (χ1) is 25.5. The first-order valence-electron chi connectivity index (χ1n) is 17.7. The molecule has 3 heterocycles. The smallest absolute Gasteiger partial charge is 0.277 e. The van der Waals surface area contributed by atoms with E-state index in [1.165, 1.54) is 58.4 Å². The lowest BCUT2D eigenvalue weighted by atomic mass is 9.83. The van der Waals surface area contributed by atoms with Gasteiger partial charge in [0.2, 0.25) is 0 Å². The topological polar surface area (TPSA) is 201 Å². The van der Waals surface area contributed by atoms with Crippen molar-refractivity contribution in [2.45, 2.75) is 84.3 Å². The molecule has 54 heavy (non-hydrogen) atoms. The van der Waals surface area contributed by atoms with E-state index in [0.29, 0.717) is 0 Å². The zero-order valence-electron chi connectivity index (χ0n) is 31.0. The summed E-state index contributed by atoms with van der Waals surface area (Å²) in [4.78, 5) is 32.3. The van der Waals surface area contributed by atoms with E-state index in [2.05, 4.69) is 10.3 Å². The third-order valence-electron chi connectivity index (χ3n) is 10.8. The highest BCUT2D eigenvalue weighted by atomic mass is 19.1. The van der Waals surface area contributed by atoms with Crippen LogP contribution in [-0.4, -0.2) is 73.7 Å². The highest BCUT2D eigenvalue weighted by Crippen LogP contribution is 2.52. The molecule has 2 aliphatic heterocycles. The number of phenols is 1. The fourth-order valence-corrected chi connectivity index (χ4v) is 7.10. The number of ether oxygens (including phenoxy) is 3. The molecule has 0 aliphatic carbocycles. The van der Waals surface area contributed by atoms with E-state index in [1.54, 1.807) is 32.9 Å². The van der Waals surface area contributed by atoms with Gasteiger partial charge in [-0.15, -0.1) is 0 Å². The molecule has 9 atom stereocenters. The van der Waals surface area contributed by atoms with Crippen LogP contribution in [-0.2, 0) is 14.3 Å². The number of halogens is 1. The highest BCUT2D eigenvalue weighted by Gasteiger charge is 2.49. The molecule has 0 radical (unpaired) electrons. The fraction of sp³-hybridized carbons (Fsp3) is 0.425. The van der Waals surface area contributed by atoms with Crippen LogP contribution in [0.4, 0.5) is 10.1 Å². The molecular formula is C40H45FN2O11. The maximum atomic E-state index is 14.4. The second-order valence-electron chi connectivity index (χ2n) is 14.5. The van der Waals surface area contributed by atoms with Gasteiger partial charge in [0.1, 0.15) is 28.3 Å². The number of nitrogens with one attached hydrogen (secondary N) is 1. The maximum Gasteiger partial charge on any atom is 0.277 e. The van der Waals surface area contributed by atoms with Crippen molar-refractivity contribution in [1.82, 2.24) is 4.98 Å². The van der Waals surface area contributed by atoms with E-state index in [9.17, 15) is 39.5 Å². The average Bonchev–Trinajstić information content (AvgIpc) is 3.40. The molecule has 1 aromatic heterocycles. The largest absolute Gasteiger partial charge is 0.505 e. The number of hydrogen-bond donors (Lipinski definition) is 6. The Hall–Kier alpha value is -4.86. The summed E-state index contributed by atoms with van der Waals surface area (Å²) in [6.07, 6.45) is 1.93. The summed E-state index contributed by atoms with van der Waals surface area (Å²) >= 11 is 0. The number of aliphatic hydroxyl groups excluding tert-OH is 4. The number of rotatable bonds is 1. The van der Waals surface area contributed by atoms with Gasteiger partial charge in [-0.2, -0.15) is 0 Å². The minimum Gasteiger partial charge on any atom is -0.505 e. The van der Waals surface area contributed by atoms with E-state index in [1.807, 2.05) is 0 Å². The lowest BCUT2D eigenvalue weighted by Crippen LogP contribution is -2.41. The number of nitrogens with zero attached hydrogens (tertiary/aromatic N) is 1. The molecule has 4 bridgehead atoms. The number of aromatic nitrogens is 1. The molecule has 0 spiro atoms. The molecule has 6 N–H and O–H groups in total. The number of amides is 1. The summed E-state index contributed by atoms with van der Waals surface area (Å²) in [7, 11) is 1.44. The van der Waals surface area contributed by atoms with Crippen LogP contribution in [0.1, 0.15) is 58.3 Å². The predicted molar refractivity (Wildman–Crippen MR) is 198 cm³/mol. The second kappa shape index (κ2) is 14.8. The van der Waals surface area contributed by atoms with Crippen molar-refractivity contribution < 1.29 is 53.3 Å². The fourth-order valence-electron chi connectivity index (χ4n) is 7.10. The normalized spacial score (nSPS) is 31.9. The molecule has 0 saturated heterocycles. The Bertz CT molecular complexity index is 2280. The van der Waals surface area contributed by atoms with Gasteiger partial charge in [0, 0.05) is 66.4 Å². The third kappa shape index (κ3) is 6.73. The number of anilines is 1. The number of methoxy groups -OCH3 is 1. The van der Waals surface area contributed by atoms with E-state index in [0.717, 1.165) is 6.07 Å². The summed E-state index contributed by atoms with van der Waals surface area (Å²) in [5.41, 5.74) is -0.845. The molecule has 14 heteroatoms. The first kappa shape index (κ1) is 38.9. The number of aromatic hydroxyl groups is 1. The van der Waals surface area contributed by atoms with Crippen molar-refractivity contribution in [2.75, 3.05) is 12.4 Å². The van der Waals surface area contributed by atoms with Gasteiger partial charge in [0.25, 0.3) is 11.7 Å². The predicted octanol–water partition coefficient (Wildman–Crippen LogP) is 5.17. The van der Waals surface area contributed by atoms with Gasteiger partial charge >= 0.3 is 0 Å². The van der Waals surface area contributed by atoms with Crippen LogP contribution in [0.25, 0.3) is 33.0 Å². The van der Waals surface area contributed by atoms with Crippen LogP contribution in [0.3, 0.4) is 0 Å². The van der Waals surface area contributed by atoms with Gasteiger partial charge in [-0.1, -0.05) is 39.0 Å². The van der Waals surface area contributed by atoms with Crippen LogP contribution in [0.15, 0.2) is 63.6 Å². The zero-order chi connectivity index (χ0) is 39.4. The minimum absolute atomic E-state index is 0.0169. The monoisotopic (exact) mass is 748 g/mol. The summed E-state index contributed by atoms with van der Waals surface area (Å²) in [5.74, 6) is -5.57. The van der Waals surface area contributed by atoms with Crippen molar-refractivity contribution >= 4 is 44.6 Å². The molecule has 0 fully saturated rings. The van der Waals surface area contributed by atoms with Crippen LogP contribution in [0, 0.1) is 30.5 Å². The molecule has 3 aromatic carbocycles. The molecule has 0 saturated carbocycles. The summed E-state index contributed by atoms with van der Waals surface area (Å²) in [6.45, 7) is 9.55. The van der Waals surface area contributed by atoms with Crippen molar-refractivity contribution in [3.63, 3.8) is 0 Å². The van der Waals surface area contributed by atoms with Gasteiger partial charge < -0.3 is 49.5 Å². The molecule has 4 aromatic rings. The van der Waals surface area contributed by atoms with Gasteiger partial charge in [-0.05, 0) is 32.1 Å². The minimum atomic E-state index is -1.84. The Balaban J connectivity index is 1.59. The summed E-state index contributed by atoms with van der Waals surface area (Å²) < 4.78 is 38.3. The molecule has 1 amide bonds. The van der Waals surface area contributed by atoms with Gasteiger partial charge in [0.15, 0.2) is 28.4 Å². The molecule has 1 unspecified atom stereocenters. The van der Waals surface area contributed by atoms with E-state index in [4.69, 9.17) is 18.6 Å². The van der Waals surface area contributed by atoms with Crippen molar-refractivity contribution in [1.29, 1.82) is 0 Å². The Labute approximate surface area is 310 Å². The molecule has 6 rings (SSSR count). The van der Waals surface area contributed by atoms with Crippen LogP contribution >= 0.6 is 0 Å². The lowest BCUT2D eigenvalue weighted by molar-refractivity contribution is -0.181. The Morgan fingerprint density at radius 2 is 1.74 bits per heavy atom. The van der Waals surface area contributed by atoms with Gasteiger partial charge in [0.05, 0.1) is 36.1 Å². The number of phenolic OH excluding ortho intramolecular Hbond substituents is 1. The van der Waals surface area contributed by atoms with Gasteiger partial charge in [-0.25, -0.2) is 9.37 Å². The van der Waals surface area contributed by atoms with E-state index < -0.39 is 77.0 Å². The van der Waals surface area contributed by atoms with E-state index in [-0.39, 0.29) is 67.5 Å². The highest BCUT2D eigenvalue weighted by molar-refractivity contribution is 6.19. The molecule has 13 nitrogen and oxygen atoms in total. The Kier molecular flexibility index (Phi) is 10.6. The van der Waals surface area contributed by atoms with E-state index >= 15 is 0 Å². The number of fused-ring (bicyclic) bond motifs is 2. The number of allylic oxidation sites excluding steroid dienone is 2. The number of hydrogen-bond acceptors (Lipinski definition) is 12. The van der Waals surface area contributed by atoms with Crippen LogP contribution in [0.2, 0.25) is 0 Å². The quantitative estimate of drug-likeness (QED) is 0.0849. The molecule has 2 aliphatic rings. The molecular weight excluding hydrogens is 703 g/mol. The van der Waals surface area contributed by atoms with Crippen molar-refractivity contribution in [3.8, 4) is 11.5 Å². The number of aliphatic hydroxyl groups is 4.